The van der Waals surface area contributed by atoms with Crippen LogP contribution in [0.4, 0.5) is 0 Å². The van der Waals surface area contributed by atoms with Gasteiger partial charge < -0.3 is 4.74 Å². The maximum atomic E-state index is 5.98. The predicted octanol–water partition coefficient (Wildman–Crippen LogP) is 5.44. The molecule has 0 aliphatic carbocycles. The van der Waals surface area contributed by atoms with Crippen LogP contribution in [-0.4, -0.2) is 68.6 Å². The Morgan fingerprint density at radius 2 is 1.83 bits per heavy atom. The third kappa shape index (κ3) is 6.83. The fourth-order valence-electron chi connectivity index (χ4n) is 5.19. The lowest BCUT2D eigenvalue weighted by Crippen LogP contribution is -2.38. The van der Waals surface area contributed by atoms with Crippen LogP contribution in [0.1, 0.15) is 54.1 Å². The van der Waals surface area contributed by atoms with Crippen molar-refractivity contribution in [3.05, 3.63) is 52.7 Å². The van der Waals surface area contributed by atoms with Crippen LogP contribution < -0.4 is 0 Å². The van der Waals surface area contributed by atoms with Crippen LogP contribution in [0.25, 0.3) is 11.2 Å². The Labute approximate surface area is 212 Å². The number of pyridine rings is 2. The van der Waals surface area contributed by atoms with Crippen molar-refractivity contribution in [2.45, 2.75) is 59.7 Å². The monoisotopic (exact) mass is 497 g/mol. The summed E-state index contributed by atoms with van der Waals surface area (Å²) in [7, 11) is -0.542. The molecule has 1 aliphatic heterocycles. The van der Waals surface area contributed by atoms with E-state index < -0.39 is 10.0 Å². The summed E-state index contributed by atoms with van der Waals surface area (Å²) in [6.45, 7) is 12.1. The van der Waals surface area contributed by atoms with Gasteiger partial charge in [-0.3, -0.25) is 14.5 Å². The van der Waals surface area contributed by atoms with Crippen LogP contribution in [0.2, 0.25) is 0 Å². The van der Waals surface area contributed by atoms with Gasteiger partial charge in [0.05, 0.1) is 6.61 Å². The second kappa shape index (κ2) is 11.0. The van der Waals surface area contributed by atoms with Crippen LogP contribution in [-0.2, 0) is 17.9 Å². The van der Waals surface area contributed by atoms with Gasteiger partial charge in [-0.1, -0.05) is 0 Å². The number of fused-ring (bicyclic) bond motifs is 1. The lowest BCUT2D eigenvalue weighted by atomic mass is 9.90. The number of hydrogen-bond donors (Lipinski definition) is 0. The molecular formula is C28H43N5OS. The van der Waals surface area contributed by atoms with Crippen molar-refractivity contribution < 1.29 is 4.74 Å². The minimum absolute atomic E-state index is 0.326. The third-order valence-electron chi connectivity index (χ3n) is 7.10. The first-order valence-corrected chi connectivity index (χ1v) is 15.9. The van der Waals surface area contributed by atoms with E-state index in [1.54, 1.807) is 0 Å². The minimum atomic E-state index is -0.542. The SMILES string of the molecule is Cc1cc(C[C@H]2CCCN(C(C)c3cnc4c(c3)nc(C)n4COCCS(C)(C)C)C2)cc(C)n1. The first-order chi connectivity index (χ1) is 16.6. The molecule has 1 aliphatic rings. The molecule has 0 spiro atoms. The highest BCUT2D eigenvalue weighted by molar-refractivity contribution is 8.32. The molecule has 0 saturated carbocycles. The molecule has 4 rings (SSSR count). The zero-order valence-corrected chi connectivity index (χ0v) is 23.5. The van der Waals surface area contributed by atoms with E-state index in [1.807, 2.05) is 13.1 Å². The molecule has 0 N–H and O–H groups in total. The third-order valence-corrected chi connectivity index (χ3v) is 8.49. The van der Waals surface area contributed by atoms with Gasteiger partial charge in [-0.25, -0.2) is 20.0 Å². The standard InChI is InChI=1S/C28H43N5OS/c1-20-13-25(14-21(2)30-20)15-24-9-8-10-32(18-24)22(3)26-16-27-28(29-17-26)33(23(4)31-27)19-34-11-12-35(5,6)7/h13-14,16-17,22,24H,8-12,15,18-19H2,1-7H3/t22?,24-/m1/s1. The molecule has 3 aromatic heterocycles. The van der Waals surface area contributed by atoms with Crippen molar-refractivity contribution in [2.24, 2.45) is 5.92 Å². The summed E-state index contributed by atoms with van der Waals surface area (Å²) in [5.41, 5.74) is 6.79. The number of rotatable bonds is 9. The Kier molecular flexibility index (Phi) is 8.19. The van der Waals surface area contributed by atoms with Gasteiger partial charge in [-0.2, -0.15) is 0 Å². The van der Waals surface area contributed by atoms with E-state index in [9.17, 15) is 0 Å². The molecule has 0 bridgehead atoms. The second-order valence-electron chi connectivity index (χ2n) is 11.2. The largest absolute Gasteiger partial charge is 0.360 e. The van der Waals surface area contributed by atoms with Gasteiger partial charge in [0.25, 0.3) is 0 Å². The number of nitrogens with zero attached hydrogens (tertiary/aromatic N) is 5. The molecule has 1 saturated heterocycles. The number of imidazole rings is 1. The van der Waals surface area contributed by atoms with E-state index in [4.69, 9.17) is 14.7 Å². The van der Waals surface area contributed by atoms with Crippen LogP contribution in [0.15, 0.2) is 24.4 Å². The quantitative estimate of drug-likeness (QED) is 0.369. The van der Waals surface area contributed by atoms with E-state index in [2.05, 4.69) is 72.2 Å². The van der Waals surface area contributed by atoms with E-state index in [-0.39, 0.29) is 0 Å². The Morgan fingerprint density at radius 3 is 2.54 bits per heavy atom. The van der Waals surface area contributed by atoms with Gasteiger partial charge in [-0.15, -0.1) is 0 Å². The van der Waals surface area contributed by atoms with Crippen LogP contribution >= 0.6 is 10.0 Å². The molecule has 0 amide bonds. The van der Waals surface area contributed by atoms with Crippen molar-refractivity contribution >= 4 is 21.2 Å². The van der Waals surface area contributed by atoms with Crippen molar-refractivity contribution in [1.82, 2.24) is 24.4 Å². The normalized spacial score (nSPS) is 18.8. The highest BCUT2D eigenvalue weighted by Crippen LogP contribution is 2.33. The molecule has 0 radical (unpaired) electrons. The number of aromatic nitrogens is 4. The summed E-state index contributed by atoms with van der Waals surface area (Å²) in [5.74, 6) is 2.75. The van der Waals surface area contributed by atoms with Crippen molar-refractivity contribution in [3.8, 4) is 0 Å². The number of ether oxygens (including phenoxy) is 1. The predicted molar refractivity (Wildman–Crippen MR) is 149 cm³/mol. The van der Waals surface area contributed by atoms with E-state index in [0.29, 0.717) is 18.7 Å². The molecule has 4 heterocycles. The molecule has 1 fully saturated rings. The van der Waals surface area contributed by atoms with Gasteiger partial charge >= 0.3 is 0 Å². The van der Waals surface area contributed by atoms with Gasteiger partial charge in [0.15, 0.2) is 5.65 Å². The fraction of sp³-hybridized carbons (Fsp3) is 0.607. The number of aryl methyl sites for hydroxylation is 3. The summed E-state index contributed by atoms with van der Waals surface area (Å²) in [6, 6.07) is 7.06. The average Bonchev–Trinajstić information content (AvgIpc) is 3.09. The second-order valence-corrected chi connectivity index (χ2v) is 15.8. The average molecular weight is 498 g/mol. The van der Waals surface area contributed by atoms with Gasteiger partial charge in [0.1, 0.15) is 18.1 Å². The highest BCUT2D eigenvalue weighted by Gasteiger charge is 2.25. The van der Waals surface area contributed by atoms with Gasteiger partial charge in [-0.05, 0) is 108 Å². The topological polar surface area (TPSA) is 56.1 Å². The smallest absolute Gasteiger partial charge is 0.161 e. The van der Waals surface area contributed by atoms with Crippen LogP contribution in [0.3, 0.4) is 0 Å². The molecule has 6 nitrogen and oxygen atoms in total. The molecule has 0 aromatic carbocycles. The Morgan fingerprint density at radius 1 is 1.09 bits per heavy atom. The maximum Gasteiger partial charge on any atom is 0.161 e. The number of piperidine rings is 1. The molecule has 1 unspecified atom stereocenters. The van der Waals surface area contributed by atoms with Crippen molar-refractivity contribution in [1.29, 1.82) is 0 Å². The van der Waals surface area contributed by atoms with E-state index in [0.717, 1.165) is 60.2 Å². The van der Waals surface area contributed by atoms with Crippen LogP contribution in [0.5, 0.6) is 0 Å². The first-order valence-electron chi connectivity index (χ1n) is 12.8. The lowest BCUT2D eigenvalue weighted by molar-refractivity contribution is 0.0906. The van der Waals surface area contributed by atoms with E-state index in [1.165, 1.54) is 24.0 Å². The number of hydrogen-bond acceptors (Lipinski definition) is 5. The molecule has 35 heavy (non-hydrogen) atoms. The summed E-state index contributed by atoms with van der Waals surface area (Å²) in [6.07, 6.45) is 12.7. The minimum Gasteiger partial charge on any atom is -0.360 e. The van der Waals surface area contributed by atoms with E-state index >= 15 is 0 Å². The zero-order chi connectivity index (χ0) is 25.2. The van der Waals surface area contributed by atoms with Gasteiger partial charge in [0.2, 0.25) is 0 Å². The number of likely N-dealkylation sites (tertiary alicyclic amines) is 1. The van der Waals surface area contributed by atoms with Crippen molar-refractivity contribution in [3.63, 3.8) is 0 Å². The lowest BCUT2D eigenvalue weighted by Gasteiger charge is -2.37. The fourth-order valence-corrected chi connectivity index (χ4v) is 5.80. The Bertz CT molecular complexity index is 1130. The summed E-state index contributed by atoms with van der Waals surface area (Å²) >= 11 is 0. The zero-order valence-electron chi connectivity index (χ0n) is 22.7. The molecule has 2 atom stereocenters. The first kappa shape index (κ1) is 26.1. The molecule has 192 valence electrons. The van der Waals surface area contributed by atoms with Crippen molar-refractivity contribution in [2.75, 3.05) is 44.2 Å². The molecule has 7 heteroatoms. The molecule has 3 aromatic rings. The van der Waals surface area contributed by atoms with Crippen LogP contribution in [0, 0.1) is 26.7 Å². The summed E-state index contributed by atoms with van der Waals surface area (Å²) < 4.78 is 8.08. The summed E-state index contributed by atoms with van der Waals surface area (Å²) in [4.78, 5) is 16.8. The maximum absolute atomic E-state index is 5.98. The Hall–Kier alpha value is -1.96. The highest BCUT2D eigenvalue weighted by atomic mass is 32.3. The summed E-state index contributed by atoms with van der Waals surface area (Å²) in [5, 5.41) is 0. The van der Waals surface area contributed by atoms with Gasteiger partial charge in [0, 0.05) is 35.9 Å². The molecular weight excluding hydrogens is 454 g/mol. The Balaban J connectivity index is 1.42.